The van der Waals surface area contributed by atoms with Gasteiger partial charge in [-0.3, -0.25) is 14.4 Å². The summed E-state index contributed by atoms with van der Waals surface area (Å²) in [6.45, 7) is 6.31. The summed E-state index contributed by atoms with van der Waals surface area (Å²) in [5.41, 5.74) is -2.78. The third-order valence-electron chi connectivity index (χ3n) is 4.18. The summed E-state index contributed by atoms with van der Waals surface area (Å²) >= 11 is 0. The van der Waals surface area contributed by atoms with Crippen LogP contribution in [-0.4, -0.2) is 37.1 Å². The van der Waals surface area contributed by atoms with E-state index in [2.05, 4.69) is 17.7 Å². The first kappa shape index (κ1) is 24.7. The molecule has 10 heteroatoms. The second kappa shape index (κ2) is 10.4. The van der Waals surface area contributed by atoms with Gasteiger partial charge in [0.1, 0.15) is 5.92 Å². The molecule has 0 fully saturated rings. The number of Topliss-reactive ketones (excluding diaryl/α,β-unsaturated/α-hetero) is 1. The molecule has 162 valence electrons. The van der Waals surface area contributed by atoms with Crippen molar-refractivity contribution in [1.82, 2.24) is 0 Å². The molecule has 0 aliphatic carbocycles. The van der Waals surface area contributed by atoms with E-state index in [0.717, 1.165) is 24.3 Å². The van der Waals surface area contributed by atoms with Gasteiger partial charge in [-0.1, -0.05) is 30.3 Å². The highest BCUT2D eigenvalue weighted by Crippen LogP contribution is 2.42. The number of ether oxygens (including phenoxy) is 2. The Bertz CT molecular complexity index is 834. The van der Waals surface area contributed by atoms with Gasteiger partial charge in [0.2, 0.25) is 0 Å². The fourth-order valence-electron chi connectivity index (χ4n) is 2.86. The van der Waals surface area contributed by atoms with Gasteiger partial charge in [0.05, 0.1) is 13.2 Å². The molecule has 0 aliphatic rings. The smallest absolute Gasteiger partial charge is 0.454 e. The number of ketones is 1. The van der Waals surface area contributed by atoms with Crippen molar-refractivity contribution in [3.8, 4) is 6.07 Å². The molecule has 1 aromatic carbocycles. The Labute approximate surface area is 170 Å². The van der Waals surface area contributed by atoms with Crippen molar-refractivity contribution >= 4 is 17.7 Å². The van der Waals surface area contributed by atoms with E-state index in [9.17, 15) is 32.8 Å². The standard InChI is InChI=1S/C20H20F3NO6/c1-4-11-19(17(26)29-5-2,18(27)30-6-3)15(12-24-28)13-7-9-14(10-8-13)16(25)20(21,22)23/h4,7-10,15H,1,5-6,11H2,2-3H3. The van der Waals surface area contributed by atoms with E-state index in [1.165, 1.54) is 19.9 Å². The van der Waals surface area contributed by atoms with Crippen LogP contribution in [-0.2, 0) is 19.1 Å². The monoisotopic (exact) mass is 427 g/mol. The quantitative estimate of drug-likeness (QED) is 0.194. The maximum Gasteiger partial charge on any atom is 0.454 e. The third-order valence-corrected chi connectivity index (χ3v) is 4.18. The van der Waals surface area contributed by atoms with Gasteiger partial charge in [-0.25, -0.2) is 0 Å². The number of rotatable bonds is 9. The molecule has 0 bridgehead atoms. The van der Waals surface area contributed by atoms with Gasteiger partial charge in [0, 0.05) is 10.6 Å². The number of alkyl halides is 3. The maximum absolute atomic E-state index is 12.8. The Morgan fingerprint density at radius 1 is 1.13 bits per heavy atom. The summed E-state index contributed by atoms with van der Waals surface area (Å²) in [7, 11) is 0. The largest absolute Gasteiger partial charge is 0.498 e. The molecule has 7 nitrogen and oxygen atoms in total. The van der Waals surface area contributed by atoms with Crippen molar-refractivity contribution < 1.29 is 37.0 Å². The molecule has 30 heavy (non-hydrogen) atoms. The van der Waals surface area contributed by atoms with E-state index in [1.807, 2.05) is 0 Å². The van der Waals surface area contributed by atoms with Gasteiger partial charge < -0.3 is 14.7 Å². The Kier molecular flexibility index (Phi) is 8.59. The molecule has 1 atom stereocenters. The molecule has 0 aromatic heterocycles. The molecule has 0 aliphatic heterocycles. The van der Waals surface area contributed by atoms with Crippen molar-refractivity contribution in [2.24, 2.45) is 5.41 Å². The third kappa shape index (κ3) is 5.17. The highest BCUT2D eigenvalue weighted by atomic mass is 19.4. The fourth-order valence-corrected chi connectivity index (χ4v) is 2.86. The van der Waals surface area contributed by atoms with Crippen LogP contribution in [0.1, 0.15) is 42.1 Å². The van der Waals surface area contributed by atoms with Crippen molar-refractivity contribution in [2.45, 2.75) is 32.4 Å². The number of carbonyl (C=O) groups is 3. The molecule has 0 saturated heterocycles. The molecule has 1 unspecified atom stereocenters. The summed E-state index contributed by atoms with van der Waals surface area (Å²) in [5.74, 6) is -5.62. The second-order valence-electron chi connectivity index (χ2n) is 6.01. The molecule has 1 rings (SSSR count). The highest BCUT2D eigenvalue weighted by molar-refractivity contribution is 6.02. The minimum Gasteiger partial charge on any atom is -0.498 e. The van der Waals surface area contributed by atoms with Gasteiger partial charge >= 0.3 is 24.2 Å². The van der Waals surface area contributed by atoms with E-state index in [1.54, 1.807) is 0 Å². The van der Waals surface area contributed by atoms with Crippen LogP contribution in [0.5, 0.6) is 0 Å². The van der Waals surface area contributed by atoms with Gasteiger partial charge in [-0.05, 0) is 25.8 Å². The van der Waals surface area contributed by atoms with Crippen molar-refractivity contribution in [2.75, 3.05) is 13.2 Å². The molecule has 0 heterocycles. The topological polar surface area (TPSA) is 97.1 Å². The van der Waals surface area contributed by atoms with Crippen LogP contribution in [0.4, 0.5) is 13.2 Å². The normalized spacial score (nSPS) is 12.2. The van der Waals surface area contributed by atoms with Crippen LogP contribution in [0.2, 0.25) is 0 Å². The molecular formula is C20H20F3NO6. The predicted molar refractivity (Wildman–Crippen MR) is 101 cm³/mol. The summed E-state index contributed by atoms with van der Waals surface area (Å²) in [5, 5.41) is 13.6. The number of allylic oxidation sites excluding steroid dienone is 1. The van der Waals surface area contributed by atoms with E-state index >= 15 is 0 Å². The van der Waals surface area contributed by atoms with Crippen molar-refractivity contribution in [1.29, 1.82) is 0 Å². The van der Waals surface area contributed by atoms with Crippen LogP contribution in [0.15, 0.2) is 36.9 Å². The lowest BCUT2D eigenvalue weighted by Gasteiger charge is -2.30. The van der Waals surface area contributed by atoms with E-state index in [-0.39, 0.29) is 25.2 Å². The fraction of sp³-hybridized carbons (Fsp3) is 0.400. The van der Waals surface area contributed by atoms with E-state index in [0.29, 0.717) is 0 Å². The maximum atomic E-state index is 12.8. The molecular weight excluding hydrogens is 407 g/mol. The van der Waals surface area contributed by atoms with Crippen LogP contribution in [0.25, 0.3) is 5.01 Å². The predicted octanol–water partition coefficient (Wildman–Crippen LogP) is 4.03. The van der Waals surface area contributed by atoms with Gasteiger partial charge in [0.15, 0.2) is 5.41 Å². The molecule has 0 spiro atoms. The average molecular weight is 427 g/mol. The molecule has 0 amide bonds. The number of benzene rings is 1. The van der Waals surface area contributed by atoms with Gasteiger partial charge in [-0.15, -0.1) is 6.58 Å². The number of esters is 2. The summed E-state index contributed by atoms with van der Waals surface area (Å²) < 4.78 is 47.9. The zero-order valence-electron chi connectivity index (χ0n) is 16.3. The first-order valence-electron chi connectivity index (χ1n) is 8.84. The lowest BCUT2D eigenvalue weighted by atomic mass is 9.70. The second-order valence-corrected chi connectivity index (χ2v) is 6.01. The van der Waals surface area contributed by atoms with Crippen LogP contribution >= 0.6 is 0 Å². The Hall–Kier alpha value is -3.35. The van der Waals surface area contributed by atoms with E-state index in [4.69, 9.17) is 9.47 Å². The minimum atomic E-state index is -5.08. The van der Waals surface area contributed by atoms with E-state index < -0.39 is 40.8 Å². The molecule has 0 N–H and O–H groups in total. The average Bonchev–Trinajstić information content (AvgIpc) is 2.69. The Balaban J connectivity index is 3.64. The number of nitrogens with zero attached hydrogens (tertiary/aromatic N) is 1. The van der Waals surface area contributed by atoms with Crippen molar-refractivity contribution in [3.05, 3.63) is 58.3 Å². The number of halogens is 3. The van der Waals surface area contributed by atoms with Gasteiger partial charge in [-0.2, -0.15) is 13.2 Å². The zero-order chi connectivity index (χ0) is 22.9. The van der Waals surface area contributed by atoms with Crippen LogP contribution < -0.4 is 0 Å². The SMILES string of the molecule is C=CCC(C(=O)OCC)(C(=O)OCC)C(C#[N+][O-])c1ccc(C(=O)C(F)(F)F)cc1. The number of carbonyl (C=O) groups excluding carboxylic acids is 3. The minimum absolute atomic E-state index is 0.0243. The van der Waals surface area contributed by atoms with Gasteiger partial charge in [0.25, 0.3) is 5.78 Å². The zero-order valence-corrected chi connectivity index (χ0v) is 16.3. The molecule has 0 saturated carbocycles. The molecule has 1 aromatic rings. The van der Waals surface area contributed by atoms with Crippen LogP contribution in [0, 0.1) is 16.7 Å². The summed E-state index contributed by atoms with van der Waals surface area (Å²) in [6, 6.07) is 5.95. The Morgan fingerprint density at radius 2 is 1.63 bits per heavy atom. The Morgan fingerprint density at radius 3 is 2.00 bits per heavy atom. The first-order chi connectivity index (χ1) is 14.1. The summed E-state index contributed by atoms with van der Waals surface area (Å²) in [4.78, 5) is 37.0. The van der Waals surface area contributed by atoms with Crippen molar-refractivity contribution in [3.63, 3.8) is 0 Å². The lowest BCUT2D eigenvalue weighted by Crippen LogP contribution is -2.46. The number of hydrogen-bond donors (Lipinski definition) is 0. The summed E-state index contributed by atoms with van der Waals surface area (Å²) in [6.07, 6.45) is -4.18. The lowest BCUT2D eigenvalue weighted by molar-refractivity contribution is -0.172. The highest BCUT2D eigenvalue weighted by Gasteiger charge is 2.57. The molecule has 0 radical (unpaired) electrons. The van der Waals surface area contributed by atoms with Crippen LogP contribution in [0.3, 0.4) is 0 Å². The number of hydrogen-bond acceptors (Lipinski definition) is 6. The first-order valence-corrected chi connectivity index (χ1v) is 8.84.